The molecule has 30 heavy (non-hydrogen) atoms. The zero-order valence-corrected chi connectivity index (χ0v) is 17.7. The van der Waals surface area contributed by atoms with Gasteiger partial charge in [-0.2, -0.15) is 0 Å². The molecule has 1 aliphatic heterocycles. The van der Waals surface area contributed by atoms with Crippen LogP contribution in [0, 0.1) is 0 Å². The molecule has 1 N–H and O–H groups in total. The molecule has 0 atom stereocenters. The summed E-state index contributed by atoms with van der Waals surface area (Å²) < 4.78 is 5.61. The molecule has 2 aromatic rings. The van der Waals surface area contributed by atoms with E-state index in [2.05, 4.69) is 11.4 Å². The van der Waals surface area contributed by atoms with Crippen molar-refractivity contribution in [1.82, 2.24) is 5.32 Å². The number of hydrogen-bond acceptors (Lipinski definition) is 3. The van der Waals surface area contributed by atoms with Crippen molar-refractivity contribution in [3.05, 3.63) is 59.7 Å². The number of para-hydroxylation sites is 1. The lowest BCUT2D eigenvalue weighted by Gasteiger charge is -2.31. The summed E-state index contributed by atoms with van der Waals surface area (Å²) in [5.74, 6) is 0.982. The molecule has 0 unspecified atom stereocenters. The molecule has 2 aliphatic rings. The largest absolute Gasteiger partial charge is 0.496 e. The Hall–Kier alpha value is -2.82. The standard InChI is InChI=1S/C25H30N2O3/c1-30-22-9-3-2-8-21(22)25(15-5-6-16-25)18-26-24(29)19-11-13-20(14-12-19)27-17-7-4-10-23(27)28/h2-3,8-9,11-14H,4-7,10,15-18H2,1H3,(H,26,29). The van der Waals surface area contributed by atoms with Crippen LogP contribution >= 0.6 is 0 Å². The fourth-order valence-electron chi connectivity index (χ4n) is 4.90. The molecule has 2 fully saturated rings. The van der Waals surface area contributed by atoms with Crippen LogP contribution in [0.25, 0.3) is 0 Å². The highest BCUT2D eigenvalue weighted by Crippen LogP contribution is 2.44. The predicted molar refractivity (Wildman–Crippen MR) is 118 cm³/mol. The maximum Gasteiger partial charge on any atom is 0.251 e. The van der Waals surface area contributed by atoms with Gasteiger partial charge in [-0.15, -0.1) is 0 Å². The molecular weight excluding hydrogens is 376 g/mol. The van der Waals surface area contributed by atoms with Crippen molar-refractivity contribution in [2.75, 3.05) is 25.1 Å². The van der Waals surface area contributed by atoms with E-state index in [0.29, 0.717) is 18.5 Å². The first-order chi connectivity index (χ1) is 14.6. The number of hydrogen-bond donors (Lipinski definition) is 1. The Morgan fingerprint density at radius 1 is 1.03 bits per heavy atom. The van der Waals surface area contributed by atoms with Gasteiger partial charge < -0.3 is 15.0 Å². The van der Waals surface area contributed by atoms with Gasteiger partial charge in [-0.3, -0.25) is 9.59 Å². The fourth-order valence-corrected chi connectivity index (χ4v) is 4.90. The van der Waals surface area contributed by atoms with Crippen LogP contribution in [0.15, 0.2) is 48.5 Å². The number of nitrogens with zero attached hydrogens (tertiary/aromatic N) is 1. The Morgan fingerprint density at radius 3 is 2.47 bits per heavy atom. The zero-order chi connectivity index (χ0) is 21.0. The Kier molecular flexibility index (Phi) is 6.07. The highest BCUT2D eigenvalue weighted by molar-refractivity contribution is 5.97. The molecular formula is C25H30N2O3. The van der Waals surface area contributed by atoms with E-state index in [1.54, 1.807) is 7.11 Å². The third-order valence-corrected chi connectivity index (χ3v) is 6.59. The van der Waals surface area contributed by atoms with Gasteiger partial charge in [0.15, 0.2) is 0 Å². The Balaban J connectivity index is 1.46. The average Bonchev–Trinajstić information content (AvgIpc) is 3.28. The van der Waals surface area contributed by atoms with E-state index in [9.17, 15) is 9.59 Å². The number of benzene rings is 2. The number of carbonyl (C=O) groups excluding carboxylic acids is 2. The minimum Gasteiger partial charge on any atom is -0.496 e. The molecule has 2 aromatic carbocycles. The molecule has 0 bridgehead atoms. The summed E-state index contributed by atoms with van der Waals surface area (Å²) in [5, 5.41) is 3.16. The Bertz CT molecular complexity index is 901. The van der Waals surface area contributed by atoms with E-state index in [1.165, 1.54) is 5.56 Å². The van der Waals surface area contributed by atoms with Gasteiger partial charge in [0.25, 0.3) is 5.91 Å². The molecule has 1 aliphatic carbocycles. The number of carbonyl (C=O) groups is 2. The van der Waals surface area contributed by atoms with Gasteiger partial charge in [0.1, 0.15) is 5.75 Å². The molecule has 0 spiro atoms. The second-order valence-electron chi connectivity index (χ2n) is 8.42. The summed E-state index contributed by atoms with van der Waals surface area (Å²) in [6.07, 6.45) is 7.00. The van der Waals surface area contributed by atoms with Crippen molar-refractivity contribution in [3.8, 4) is 5.75 Å². The van der Waals surface area contributed by atoms with E-state index in [-0.39, 0.29) is 17.2 Å². The van der Waals surface area contributed by atoms with Crippen LogP contribution < -0.4 is 15.0 Å². The first-order valence-corrected chi connectivity index (χ1v) is 11.0. The first-order valence-electron chi connectivity index (χ1n) is 11.0. The smallest absolute Gasteiger partial charge is 0.251 e. The van der Waals surface area contributed by atoms with E-state index >= 15 is 0 Å². The molecule has 1 saturated carbocycles. The molecule has 1 heterocycles. The maximum atomic E-state index is 12.9. The minimum atomic E-state index is -0.0809. The molecule has 5 nitrogen and oxygen atoms in total. The first kappa shape index (κ1) is 20.5. The monoisotopic (exact) mass is 406 g/mol. The zero-order valence-electron chi connectivity index (χ0n) is 17.7. The number of rotatable bonds is 6. The van der Waals surface area contributed by atoms with Crippen molar-refractivity contribution in [1.29, 1.82) is 0 Å². The van der Waals surface area contributed by atoms with E-state index in [4.69, 9.17) is 4.74 Å². The van der Waals surface area contributed by atoms with Gasteiger partial charge in [0, 0.05) is 41.7 Å². The van der Waals surface area contributed by atoms with Crippen LogP contribution in [0.1, 0.15) is 60.9 Å². The van der Waals surface area contributed by atoms with Gasteiger partial charge in [-0.25, -0.2) is 0 Å². The van der Waals surface area contributed by atoms with Gasteiger partial charge in [0.2, 0.25) is 5.91 Å². The Labute approximate surface area is 178 Å². The molecule has 1 saturated heterocycles. The van der Waals surface area contributed by atoms with E-state index in [1.807, 2.05) is 47.4 Å². The summed E-state index contributed by atoms with van der Waals surface area (Å²) in [6, 6.07) is 15.5. The van der Waals surface area contributed by atoms with Crippen LogP contribution in [0.2, 0.25) is 0 Å². The van der Waals surface area contributed by atoms with Crippen molar-refractivity contribution >= 4 is 17.5 Å². The quantitative estimate of drug-likeness (QED) is 0.771. The van der Waals surface area contributed by atoms with Crippen molar-refractivity contribution in [2.45, 2.75) is 50.4 Å². The molecule has 158 valence electrons. The number of amides is 2. The maximum absolute atomic E-state index is 12.9. The third-order valence-electron chi connectivity index (χ3n) is 6.59. The average molecular weight is 407 g/mol. The van der Waals surface area contributed by atoms with Crippen molar-refractivity contribution in [3.63, 3.8) is 0 Å². The summed E-state index contributed by atoms with van der Waals surface area (Å²) in [6.45, 7) is 1.35. The van der Waals surface area contributed by atoms with Gasteiger partial charge >= 0.3 is 0 Å². The lowest BCUT2D eigenvalue weighted by Crippen LogP contribution is -2.39. The Morgan fingerprint density at radius 2 is 1.77 bits per heavy atom. The van der Waals surface area contributed by atoms with Gasteiger partial charge in [-0.05, 0) is 56.0 Å². The SMILES string of the molecule is COc1ccccc1C1(CNC(=O)c2ccc(N3CCCCC3=O)cc2)CCCC1. The van der Waals surface area contributed by atoms with Gasteiger partial charge in [0.05, 0.1) is 7.11 Å². The third kappa shape index (κ3) is 4.07. The highest BCUT2D eigenvalue weighted by atomic mass is 16.5. The number of anilines is 1. The molecule has 0 radical (unpaired) electrons. The summed E-state index contributed by atoms with van der Waals surface area (Å²) >= 11 is 0. The van der Waals surface area contributed by atoms with E-state index in [0.717, 1.165) is 56.5 Å². The minimum absolute atomic E-state index is 0.0762. The van der Waals surface area contributed by atoms with Crippen LogP contribution in [-0.2, 0) is 10.2 Å². The summed E-state index contributed by atoms with van der Waals surface area (Å²) in [7, 11) is 1.70. The van der Waals surface area contributed by atoms with E-state index < -0.39 is 0 Å². The summed E-state index contributed by atoms with van der Waals surface area (Å²) in [5.41, 5.74) is 2.60. The second kappa shape index (κ2) is 8.90. The number of methoxy groups -OCH3 is 1. The fraction of sp³-hybridized carbons (Fsp3) is 0.440. The molecule has 2 amide bonds. The number of ether oxygens (including phenoxy) is 1. The van der Waals surface area contributed by atoms with Crippen LogP contribution in [-0.4, -0.2) is 32.0 Å². The van der Waals surface area contributed by atoms with Crippen LogP contribution in [0.5, 0.6) is 5.75 Å². The number of nitrogens with one attached hydrogen (secondary N) is 1. The lowest BCUT2D eigenvalue weighted by atomic mass is 9.78. The topological polar surface area (TPSA) is 58.6 Å². The normalized spacial score (nSPS) is 18.3. The van der Waals surface area contributed by atoms with Gasteiger partial charge in [-0.1, -0.05) is 31.0 Å². The van der Waals surface area contributed by atoms with Crippen LogP contribution in [0.4, 0.5) is 5.69 Å². The van der Waals surface area contributed by atoms with Crippen molar-refractivity contribution in [2.24, 2.45) is 0 Å². The highest BCUT2D eigenvalue weighted by Gasteiger charge is 2.38. The number of piperidine rings is 1. The second-order valence-corrected chi connectivity index (χ2v) is 8.42. The molecule has 4 rings (SSSR count). The molecule has 5 heteroatoms. The van der Waals surface area contributed by atoms with Crippen molar-refractivity contribution < 1.29 is 14.3 Å². The predicted octanol–water partition coefficient (Wildman–Crippen LogP) is 4.45. The summed E-state index contributed by atoms with van der Waals surface area (Å²) in [4.78, 5) is 26.8. The molecule has 0 aromatic heterocycles. The lowest BCUT2D eigenvalue weighted by molar-refractivity contribution is -0.119. The van der Waals surface area contributed by atoms with Crippen LogP contribution in [0.3, 0.4) is 0 Å².